The van der Waals surface area contributed by atoms with E-state index in [9.17, 15) is 12.8 Å². The highest BCUT2D eigenvalue weighted by Crippen LogP contribution is 2.37. The van der Waals surface area contributed by atoms with Crippen molar-refractivity contribution in [2.75, 3.05) is 6.54 Å². The lowest BCUT2D eigenvalue weighted by molar-refractivity contribution is 0.337. The molecule has 4 aromatic rings. The third-order valence-corrected chi connectivity index (χ3v) is 7.66. The third kappa shape index (κ3) is 3.54. The van der Waals surface area contributed by atoms with Crippen molar-refractivity contribution in [1.29, 1.82) is 0 Å². The number of fused-ring (bicyclic) bond motifs is 1. The summed E-state index contributed by atoms with van der Waals surface area (Å²) in [5, 5.41) is 0. The maximum absolute atomic E-state index is 13.6. The summed E-state index contributed by atoms with van der Waals surface area (Å²) in [6.07, 6.45) is 1.40. The number of oxazole rings is 1. The van der Waals surface area contributed by atoms with Gasteiger partial charge in [-0.05, 0) is 72.9 Å². The molecule has 0 spiro atoms. The highest BCUT2D eigenvalue weighted by atomic mass is 32.2. The fourth-order valence-electron chi connectivity index (χ4n) is 4.09. The summed E-state index contributed by atoms with van der Waals surface area (Å²) in [5.74, 6) is 0.161. The van der Waals surface area contributed by atoms with E-state index in [-0.39, 0.29) is 10.7 Å². The van der Waals surface area contributed by atoms with Crippen LogP contribution in [0.5, 0.6) is 0 Å². The Morgan fingerprint density at radius 2 is 1.77 bits per heavy atom. The van der Waals surface area contributed by atoms with Crippen LogP contribution in [0.25, 0.3) is 22.2 Å². The molecule has 1 saturated heterocycles. The number of hydrogen-bond donors (Lipinski definition) is 0. The van der Waals surface area contributed by atoms with E-state index in [0.29, 0.717) is 35.5 Å². The molecular weight excluding hydrogens is 415 g/mol. The lowest BCUT2D eigenvalue weighted by Crippen LogP contribution is -2.30. The first-order valence-electron chi connectivity index (χ1n) is 10.2. The van der Waals surface area contributed by atoms with Gasteiger partial charge in [-0.1, -0.05) is 30.3 Å². The first kappa shape index (κ1) is 19.9. The number of sulfonamides is 1. The van der Waals surface area contributed by atoms with Gasteiger partial charge in [0.1, 0.15) is 17.4 Å². The quantitative estimate of drug-likeness (QED) is 0.426. The van der Waals surface area contributed by atoms with Gasteiger partial charge >= 0.3 is 0 Å². The molecule has 1 aromatic heterocycles. The number of nitrogens with zero attached hydrogens (tertiary/aromatic N) is 2. The van der Waals surface area contributed by atoms with Crippen molar-refractivity contribution in [3.63, 3.8) is 0 Å². The summed E-state index contributed by atoms with van der Waals surface area (Å²) in [7, 11) is -3.64. The zero-order valence-electron chi connectivity index (χ0n) is 17.0. The molecular formula is C24H21FN2O3S. The standard InChI is InChI=1S/C24H21FN2O3S/c1-16-14-17(9-11-20(16)25)18-10-12-23-21(15-18)26-24(30-23)22-8-5-13-27(22)31(28,29)19-6-3-2-4-7-19/h2-4,6-7,9-12,14-15,22H,5,8,13H2,1H3/t22-/m1/s1. The van der Waals surface area contributed by atoms with Crippen LogP contribution in [0, 0.1) is 12.7 Å². The Morgan fingerprint density at radius 3 is 2.55 bits per heavy atom. The number of halogens is 1. The van der Waals surface area contributed by atoms with Crippen molar-refractivity contribution in [2.45, 2.75) is 30.7 Å². The lowest BCUT2D eigenvalue weighted by atomic mass is 10.0. The maximum atomic E-state index is 13.6. The summed E-state index contributed by atoms with van der Waals surface area (Å²) in [6, 6.07) is 18.6. The van der Waals surface area contributed by atoms with E-state index < -0.39 is 16.1 Å². The van der Waals surface area contributed by atoms with E-state index in [0.717, 1.165) is 17.5 Å². The van der Waals surface area contributed by atoms with Crippen LogP contribution in [0.3, 0.4) is 0 Å². The van der Waals surface area contributed by atoms with Gasteiger partial charge in [0, 0.05) is 6.54 Å². The Hall–Kier alpha value is -3.03. The van der Waals surface area contributed by atoms with Gasteiger partial charge in [0.25, 0.3) is 0 Å². The maximum Gasteiger partial charge on any atom is 0.243 e. The van der Waals surface area contributed by atoms with Crippen molar-refractivity contribution in [3.8, 4) is 11.1 Å². The van der Waals surface area contributed by atoms with Crippen LogP contribution in [-0.4, -0.2) is 24.3 Å². The van der Waals surface area contributed by atoms with Crippen molar-refractivity contribution < 1.29 is 17.2 Å². The van der Waals surface area contributed by atoms with E-state index in [2.05, 4.69) is 4.98 Å². The summed E-state index contributed by atoms with van der Waals surface area (Å²) < 4.78 is 47.4. The van der Waals surface area contributed by atoms with Crippen LogP contribution in [-0.2, 0) is 10.0 Å². The van der Waals surface area contributed by atoms with E-state index in [1.807, 2.05) is 18.2 Å². The van der Waals surface area contributed by atoms with E-state index in [4.69, 9.17) is 4.42 Å². The SMILES string of the molecule is Cc1cc(-c2ccc3oc([C@H]4CCCN4S(=O)(=O)c4ccccc4)nc3c2)ccc1F. The first-order chi connectivity index (χ1) is 14.9. The Labute approximate surface area is 180 Å². The highest BCUT2D eigenvalue weighted by Gasteiger charge is 2.38. The minimum Gasteiger partial charge on any atom is -0.439 e. The molecule has 0 amide bonds. The molecule has 1 aliphatic rings. The predicted octanol–water partition coefficient (Wildman–Crippen LogP) is 5.47. The molecule has 158 valence electrons. The monoisotopic (exact) mass is 436 g/mol. The molecule has 3 aromatic carbocycles. The second kappa shape index (κ2) is 7.59. The van der Waals surface area contributed by atoms with E-state index in [1.165, 1.54) is 10.4 Å². The molecule has 1 aliphatic heterocycles. The van der Waals surface area contributed by atoms with E-state index >= 15 is 0 Å². The number of rotatable bonds is 4. The molecule has 0 aliphatic carbocycles. The van der Waals surface area contributed by atoms with Crippen LogP contribution >= 0.6 is 0 Å². The molecule has 1 fully saturated rings. The van der Waals surface area contributed by atoms with Gasteiger partial charge in [-0.15, -0.1) is 0 Å². The predicted molar refractivity (Wildman–Crippen MR) is 116 cm³/mol. The van der Waals surface area contributed by atoms with Gasteiger partial charge in [0.05, 0.1) is 4.90 Å². The van der Waals surface area contributed by atoms with Crippen molar-refractivity contribution >= 4 is 21.1 Å². The smallest absolute Gasteiger partial charge is 0.243 e. The molecule has 0 N–H and O–H groups in total. The first-order valence-corrected chi connectivity index (χ1v) is 11.6. The second-order valence-electron chi connectivity index (χ2n) is 7.79. The summed E-state index contributed by atoms with van der Waals surface area (Å²) >= 11 is 0. The Balaban J connectivity index is 1.50. The van der Waals surface area contributed by atoms with Gasteiger partial charge < -0.3 is 4.42 Å². The minimum absolute atomic E-state index is 0.241. The number of benzene rings is 3. The van der Waals surface area contributed by atoms with Crippen molar-refractivity contribution in [1.82, 2.24) is 9.29 Å². The fourth-order valence-corrected chi connectivity index (χ4v) is 5.77. The molecule has 2 heterocycles. The van der Waals surface area contributed by atoms with Crippen LogP contribution in [0.2, 0.25) is 0 Å². The Kier molecular flexibility index (Phi) is 4.87. The van der Waals surface area contributed by atoms with Crippen LogP contribution in [0.15, 0.2) is 76.0 Å². The largest absolute Gasteiger partial charge is 0.439 e. The normalized spacial score (nSPS) is 17.4. The molecule has 0 saturated carbocycles. The highest BCUT2D eigenvalue weighted by molar-refractivity contribution is 7.89. The molecule has 7 heteroatoms. The van der Waals surface area contributed by atoms with Crippen LogP contribution in [0.1, 0.15) is 30.3 Å². The van der Waals surface area contributed by atoms with Crippen molar-refractivity contribution in [3.05, 3.63) is 84.0 Å². The number of aryl methyl sites for hydroxylation is 1. The lowest BCUT2D eigenvalue weighted by Gasteiger charge is -2.21. The zero-order valence-corrected chi connectivity index (χ0v) is 17.8. The molecule has 1 atom stereocenters. The average Bonchev–Trinajstić information content (AvgIpc) is 3.43. The van der Waals surface area contributed by atoms with Gasteiger partial charge in [0.15, 0.2) is 5.58 Å². The average molecular weight is 437 g/mol. The molecule has 5 rings (SSSR count). The van der Waals surface area contributed by atoms with E-state index in [1.54, 1.807) is 49.4 Å². The number of hydrogen-bond acceptors (Lipinski definition) is 4. The topological polar surface area (TPSA) is 63.4 Å². The third-order valence-electron chi connectivity index (χ3n) is 5.73. The minimum atomic E-state index is -3.64. The molecule has 5 nitrogen and oxygen atoms in total. The molecule has 0 bridgehead atoms. The molecule has 31 heavy (non-hydrogen) atoms. The Bertz CT molecular complexity index is 1370. The Morgan fingerprint density at radius 1 is 1.03 bits per heavy atom. The van der Waals surface area contributed by atoms with Gasteiger partial charge in [-0.2, -0.15) is 4.31 Å². The second-order valence-corrected chi connectivity index (χ2v) is 9.68. The summed E-state index contributed by atoms with van der Waals surface area (Å²) in [5.41, 5.74) is 3.61. The van der Waals surface area contributed by atoms with Crippen LogP contribution in [0.4, 0.5) is 4.39 Å². The van der Waals surface area contributed by atoms with Gasteiger partial charge in [0.2, 0.25) is 15.9 Å². The van der Waals surface area contributed by atoms with Gasteiger partial charge in [-0.3, -0.25) is 0 Å². The van der Waals surface area contributed by atoms with Gasteiger partial charge in [-0.25, -0.2) is 17.8 Å². The summed E-state index contributed by atoms with van der Waals surface area (Å²) in [4.78, 5) is 4.90. The summed E-state index contributed by atoms with van der Waals surface area (Å²) in [6.45, 7) is 2.16. The molecule has 0 radical (unpaired) electrons. The van der Waals surface area contributed by atoms with Crippen LogP contribution < -0.4 is 0 Å². The number of aromatic nitrogens is 1. The van der Waals surface area contributed by atoms with Crippen molar-refractivity contribution in [2.24, 2.45) is 0 Å². The molecule has 0 unspecified atom stereocenters. The zero-order chi connectivity index (χ0) is 21.6. The fraction of sp³-hybridized carbons (Fsp3) is 0.208.